The number of nitrogens with one attached hydrogen (secondary N) is 1. The number of hydrogen-bond donors (Lipinski definition) is 2. The molecule has 4 heteroatoms. The van der Waals surface area contributed by atoms with Gasteiger partial charge in [-0.1, -0.05) is 6.08 Å². The normalized spacial score (nSPS) is 14.1. The molecule has 1 amide bonds. The highest BCUT2D eigenvalue weighted by Gasteiger charge is 2.13. The van der Waals surface area contributed by atoms with Gasteiger partial charge in [0.2, 0.25) is 0 Å². The Labute approximate surface area is 113 Å². The van der Waals surface area contributed by atoms with Gasteiger partial charge >= 0.3 is 0 Å². The Hall–Kier alpha value is -1.81. The van der Waals surface area contributed by atoms with Crippen LogP contribution < -0.4 is 10.2 Å². The Kier molecular flexibility index (Phi) is 4.58. The standard InChI is InChI=1S/C15H20N2O2/c1-17(10-11-18)14-8-6-13(7-9-14)16-15(19)12-4-2-3-5-12/h4,6-9,18H,2-3,5,10-11H2,1H3,(H,16,19). The Morgan fingerprint density at radius 3 is 2.68 bits per heavy atom. The molecule has 0 spiro atoms. The number of nitrogens with zero attached hydrogens (tertiary/aromatic N) is 1. The van der Waals surface area contributed by atoms with Gasteiger partial charge in [0.1, 0.15) is 0 Å². The summed E-state index contributed by atoms with van der Waals surface area (Å²) >= 11 is 0. The molecule has 0 atom stereocenters. The third-order valence-corrected chi connectivity index (χ3v) is 3.33. The molecular formula is C15H20N2O2. The monoisotopic (exact) mass is 260 g/mol. The van der Waals surface area contributed by atoms with E-state index in [2.05, 4.69) is 5.32 Å². The number of carbonyl (C=O) groups excluding carboxylic acids is 1. The molecule has 0 radical (unpaired) electrons. The summed E-state index contributed by atoms with van der Waals surface area (Å²) < 4.78 is 0. The fourth-order valence-electron chi connectivity index (χ4n) is 2.17. The molecule has 4 nitrogen and oxygen atoms in total. The van der Waals surface area contributed by atoms with E-state index in [1.54, 1.807) is 0 Å². The number of aliphatic hydroxyl groups is 1. The third kappa shape index (κ3) is 3.58. The second kappa shape index (κ2) is 6.38. The molecule has 2 N–H and O–H groups in total. The van der Waals surface area contributed by atoms with Crippen molar-refractivity contribution in [2.24, 2.45) is 0 Å². The van der Waals surface area contributed by atoms with Crippen LogP contribution in [0.15, 0.2) is 35.9 Å². The maximum atomic E-state index is 11.9. The van der Waals surface area contributed by atoms with Gasteiger partial charge in [-0.05, 0) is 43.5 Å². The first-order chi connectivity index (χ1) is 9.20. The highest BCUT2D eigenvalue weighted by Crippen LogP contribution is 2.21. The fraction of sp³-hybridized carbons (Fsp3) is 0.400. The molecule has 0 aliphatic heterocycles. The largest absolute Gasteiger partial charge is 0.395 e. The average molecular weight is 260 g/mol. The van der Waals surface area contributed by atoms with Crippen molar-refractivity contribution >= 4 is 17.3 Å². The van der Waals surface area contributed by atoms with Crippen LogP contribution in [0.25, 0.3) is 0 Å². The number of rotatable bonds is 5. The number of allylic oxidation sites excluding steroid dienone is 1. The lowest BCUT2D eigenvalue weighted by molar-refractivity contribution is -0.112. The van der Waals surface area contributed by atoms with E-state index in [4.69, 9.17) is 5.11 Å². The minimum absolute atomic E-state index is 0.00830. The zero-order chi connectivity index (χ0) is 13.7. The van der Waals surface area contributed by atoms with Gasteiger partial charge in [0.25, 0.3) is 5.91 Å². The van der Waals surface area contributed by atoms with E-state index < -0.39 is 0 Å². The maximum Gasteiger partial charge on any atom is 0.251 e. The van der Waals surface area contributed by atoms with E-state index in [0.717, 1.165) is 36.2 Å². The van der Waals surface area contributed by atoms with Gasteiger partial charge < -0.3 is 15.3 Å². The number of benzene rings is 1. The van der Waals surface area contributed by atoms with Crippen molar-refractivity contribution in [2.75, 3.05) is 30.4 Å². The van der Waals surface area contributed by atoms with E-state index >= 15 is 0 Å². The molecule has 0 unspecified atom stereocenters. The molecule has 1 aromatic rings. The fourth-order valence-corrected chi connectivity index (χ4v) is 2.17. The van der Waals surface area contributed by atoms with Crippen molar-refractivity contribution in [2.45, 2.75) is 19.3 Å². The van der Waals surface area contributed by atoms with Gasteiger partial charge in [-0.3, -0.25) is 4.79 Å². The number of aliphatic hydroxyl groups excluding tert-OH is 1. The maximum absolute atomic E-state index is 11.9. The van der Waals surface area contributed by atoms with Gasteiger partial charge in [-0.2, -0.15) is 0 Å². The van der Waals surface area contributed by atoms with Crippen molar-refractivity contribution in [3.05, 3.63) is 35.9 Å². The van der Waals surface area contributed by atoms with Crippen molar-refractivity contribution in [3.63, 3.8) is 0 Å². The van der Waals surface area contributed by atoms with E-state index in [9.17, 15) is 4.79 Å². The van der Waals surface area contributed by atoms with Gasteiger partial charge in [0.15, 0.2) is 0 Å². The number of hydrogen-bond acceptors (Lipinski definition) is 3. The van der Waals surface area contributed by atoms with Crippen LogP contribution in [0, 0.1) is 0 Å². The first-order valence-electron chi connectivity index (χ1n) is 6.63. The van der Waals surface area contributed by atoms with E-state index in [0.29, 0.717) is 6.54 Å². The van der Waals surface area contributed by atoms with Gasteiger partial charge in [-0.25, -0.2) is 0 Å². The van der Waals surface area contributed by atoms with Crippen molar-refractivity contribution < 1.29 is 9.90 Å². The van der Waals surface area contributed by atoms with E-state index in [1.807, 2.05) is 42.3 Å². The number of amides is 1. The van der Waals surface area contributed by atoms with Crippen LogP contribution in [0.4, 0.5) is 11.4 Å². The van der Waals surface area contributed by atoms with Crippen LogP contribution >= 0.6 is 0 Å². The lowest BCUT2D eigenvalue weighted by Crippen LogP contribution is -2.21. The molecular weight excluding hydrogens is 240 g/mol. The molecule has 1 aliphatic rings. The predicted octanol–water partition coefficient (Wildman–Crippen LogP) is 2.16. The summed E-state index contributed by atoms with van der Waals surface area (Å²) in [5.41, 5.74) is 2.72. The minimum atomic E-state index is 0.00830. The Bertz CT molecular complexity index is 466. The average Bonchev–Trinajstić information content (AvgIpc) is 2.94. The Morgan fingerprint density at radius 1 is 1.37 bits per heavy atom. The van der Waals surface area contributed by atoms with E-state index in [-0.39, 0.29) is 12.5 Å². The molecule has 2 rings (SSSR count). The highest BCUT2D eigenvalue weighted by atomic mass is 16.3. The van der Waals surface area contributed by atoms with Crippen molar-refractivity contribution in [3.8, 4) is 0 Å². The summed E-state index contributed by atoms with van der Waals surface area (Å²) in [5, 5.41) is 11.8. The zero-order valence-corrected chi connectivity index (χ0v) is 11.2. The molecule has 0 fully saturated rings. The van der Waals surface area contributed by atoms with Crippen LogP contribution in [-0.4, -0.2) is 31.2 Å². The first kappa shape index (κ1) is 13.6. The summed E-state index contributed by atoms with van der Waals surface area (Å²) in [5.74, 6) is 0.00830. The van der Waals surface area contributed by atoms with Crippen molar-refractivity contribution in [1.29, 1.82) is 0 Å². The quantitative estimate of drug-likeness (QED) is 0.853. The SMILES string of the molecule is CN(CCO)c1ccc(NC(=O)C2=CCCC2)cc1. The molecule has 0 saturated carbocycles. The lowest BCUT2D eigenvalue weighted by atomic mass is 10.2. The summed E-state index contributed by atoms with van der Waals surface area (Å²) in [4.78, 5) is 13.9. The smallest absolute Gasteiger partial charge is 0.251 e. The molecule has 0 bridgehead atoms. The summed E-state index contributed by atoms with van der Waals surface area (Å²) in [7, 11) is 1.92. The first-order valence-corrected chi connectivity index (χ1v) is 6.63. The topological polar surface area (TPSA) is 52.6 Å². The van der Waals surface area contributed by atoms with Crippen LogP contribution in [0.1, 0.15) is 19.3 Å². The molecule has 19 heavy (non-hydrogen) atoms. The minimum Gasteiger partial charge on any atom is -0.395 e. The Balaban J connectivity index is 1.96. The molecule has 0 saturated heterocycles. The molecule has 102 valence electrons. The molecule has 0 aromatic heterocycles. The van der Waals surface area contributed by atoms with Crippen LogP contribution in [-0.2, 0) is 4.79 Å². The predicted molar refractivity (Wildman–Crippen MR) is 77.4 cm³/mol. The van der Waals surface area contributed by atoms with Crippen LogP contribution in [0.3, 0.4) is 0 Å². The lowest BCUT2D eigenvalue weighted by Gasteiger charge is -2.18. The Morgan fingerprint density at radius 2 is 2.11 bits per heavy atom. The van der Waals surface area contributed by atoms with Gasteiger partial charge in [0.05, 0.1) is 6.61 Å². The summed E-state index contributed by atoms with van der Waals surface area (Å²) in [6.07, 6.45) is 4.98. The molecule has 1 aliphatic carbocycles. The van der Waals surface area contributed by atoms with E-state index in [1.165, 1.54) is 0 Å². The summed E-state index contributed by atoms with van der Waals surface area (Å²) in [6, 6.07) is 7.65. The van der Waals surface area contributed by atoms with Gasteiger partial charge in [0, 0.05) is 30.5 Å². The molecule has 0 heterocycles. The second-order valence-electron chi connectivity index (χ2n) is 4.77. The number of likely N-dealkylation sites (N-methyl/N-ethyl adjacent to an activating group) is 1. The van der Waals surface area contributed by atoms with Crippen molar-refractivity contribution in [1.82, 2.24) is 0 Å². The van der Waals surface area contributed by atoms with Crippen LogP contribution in [0.5, 0.6) is 0 Å². The van der Waals surface area contributed by atoms with Gasteiger partial charge in [-0.15, -0.1) is 0 Å². The molecule has 1 aromatic carbocycles. The second-order valence-corrected chi connectivity index (χ2v) is 4.77. The number of anilines is 2. The van der Waals surface area contributed by atoms with Crippen LogP contribution in [0.2, 0.25) is 0 Å². The highest BCUT2D eigenvalue weighted by molar-refractivity contribution is 6.04. The zero-order valence-electron chi connectivity index (χ0n) is 11.2. The summed E-state index contributed by atoms with van der Waals surface area (Å²) in [6.45, 7) is 0.724. The third-order valence-electron chi connectivity index (χ3n) is 3.33. The number of carbonyl (C=O) groups is 1.